The zero-order valence-corrected chi connectivity index (χ0v) is 14.3. The van der Waals surface area contributed by atoms with Gasteiger partial charge in [-0.15, -0.1) is 0 Å². The topological polar surface area (TPSA) is 53.9 Å². The van der Waals surface area contributed by atoms with Gasteiger partial charge in [-0.3, -0.25) is 4.99 Å². The zero-order valence-electron chi connectivity index (χ0n) is 14.3. The molecule has 0 atom stereocenters. The minimum atomic E-state index is -0.273. The second-order valence-corrected chi connectivity index (χ2v) is 5.99. The average Bonchev–Trinajstić information content (AvgIpc) is 2.57. The summed E-state index contributed by atoms with van der Waals surface area (Å²) >= 11 is 0. The van der Waals surface area contributed by atoms with Crippen molar-refractivity contribution in [3.63, 3.8) is 0 Å². The number of piperidine rings is 1. The summed E-state index contributed by atoms with van der Waals surface area (Å²) in [6, 6.07) is 7.51. The molecule has 5 nitrogen and oxygen atoms in total. The van der Waals surface area contributed by atoms with Crippen molar-refractivity contribution in [2.45, 2.75) is 33.2 Å². The van der Waals surface area contributed by atoms with Gasteiger partial charge in [0, 0.05) is 26.7 Å². The quantitative estimate of drug-likeness (QED) is 0.527. The van der Waals surface area contributed by atoms with Gasteiger partial charge in [0.1, 0.15) is 0 Å². The molecule has 1 aliphatic heterocycles. The maximum Gasteiger partial charge on any atom is 0.338 e. The summed E-state index contributed by atoms with van der Waals surface area (Å²) in [7, 11) is 1.82. The van der Waals surface area contributed by atoms with E-state index in [1.54, 1.807) is 12.1 Å². The van der Waals surface area contributed by atoms with Gasteiger partial charge in [-0.25, -0.2) is 4.79 Å². The molecule has 0 aromatic heterocycles. The van der Waals surface area contributed by atoms with Crippen molar-refractivity contribution in [3.05, 3.63) is 35.4 Å². The van der Waals surface area contributed by atoms with Gasteiger partial charge in [0.25, 0.3) is 0 Å². The number of nitrogens with zero attached hydrogens (tertiary/aromatic N) is 2. The SMILES string of the molecule is CCOC(=O)c1ccc(CNC(=NC)N2CCC(C)CC2)cc1. The Morgan fingerprint density at radius 3 is 2.52 bits per heavy atom. The van der Waals surface area contributed by atoms with Gasteiger partial charge in [-0.2, -0.15) is 0 Å². The molecule has 1 N–H and O–H groups in total. The number of guanidine groups is 1. The summed E-state index contributed by atoms with van der Waals surface area (Å²) in [4.78, 5) is 18.3. The van der Waals surface area contributed by atoms with E-state index in [2.05, 4.69) is 22.1 Å². The molecule has 0 spiro atoms. The molecule has 2 rings (SSSR count). The number of hydrogen-bond donors (Lipinski definition) is 1. The van der Waals surface area contributed by atoms with Gasteiger partial charge in [0.2, 0.25) is 0 Å². The average molecular weight is 317 g/mol. The Morgan fingerprint density at radius 1 is 1.30 bits per heavy atom. The number of nitrogens with one attached hydrogen (secondary N) is 1. The fraction of sp³-hybridized carbons (Fsp3) is 0.556. The van der Waals surface area contributed by atoms with E-state index in [1.165, 1.54) is 12.8 Å². The number of ether oxygens (including phenoxy) is 1. The van der Waals surface area contributed by atoms with E-state index in [0.717, 1.165) is 30.5 Å². The third kappa shape index (κ3) is 4.98. The van der Waals surface area contributed by atoms with Crippen molar-refractivity contribution in [1.82, 2.24) is 10.2 Å². The van der Waals surface area contributed by atoms with Gasteiger partial charge in [0.15, 0.2) is 5.96 Å². The second kappa shape index (κ2) is 8.56. The van der Waals surface area contributed by atoms with Crippen LogP contribution in [-0.4, -0.2) is 43.6 Å². The third-order valence-corrected chi connectivity index (χ3v) is 4.21. The number of aliphatic imine (C=N–C) groups is 1. The molecule has 23 heavy (non-hydrogen) atoms. The smallest absolute Gasteiger partial charge is 0.338 e. The molecular weight excluding hydrogens is 290 g/mol. The van der Waals surface area contributed by atoms with E-state index in [-0.39, 0.29) is 5.97 Å². The number of carbonyl (C=O) groups excluding carboxylic acids is 1. The fourth-order valence-electron chi connectivity index (χ4n) is 2.71. The summed E-state index contributed by atoms with van der Waals surface area (Å²) in [5.41, 5.74) is 1.70. The number of esters is 1. The third-order valence-electron chi connectivity index (χ3n) is 4.21. The summed E-state index contributed by atoms with van der Waals surface area (Å²) < 4.78 is 4.99. The summed E-state index contributed by atoms with van der Waals surface area (Å²) in [6.07, 6.45) is 2.43. The minimum Gasteiger partial charge on any atom is -0.462 e. The molecule has 1 aromatic rings. The van der Waals surface area contributed by atoms with Crippen LogP contribution in [0.2, 0.25) is 0 Å². The molecule has 1 aliphatic rings. The lowest BCUT2D eigenvalue weighted by Crippen LogP contribution is -2.45. The fourth-order valence-corrected chi connectivity index (χ4v) is 2.71. The molecule has 1 saturated heterocycles. The molecule has 1 heterocycles. The van der Waals surface area contributed by atoms with Crippen molar-refractivity contribution >= 4 is 11.9 Å². The zero-order chi connectivity index (χ0) is 16.7. The Hall–Kier alpha value is -2.04. The van der Waals surface area contributed by atoms with Crippen LogP contribution in [0.25, 0.3) is 0 Å². The van der Waals surface area contributed by atoms with Crippen LogP contribution < -0.4 is 5.32 Å². The first-order valence-electron chi connectivity index (χ1n) is 8.35. The molecule has 1 fully saturated rings. The van der Waals surface area contributed by atoms with Crippen LogP contribution in [0.3, 0.4) is 0 Å². The van der Waals surface area contributed by atoms with Crippen LogP contribution in [0.4, 0.5) is 0 Å². The second-order valence-electron chi connectivity index (χ2n) is 5.99. The molecular formula is C18H27N3O2. The van der Waals surface area contributed by atoms with Crippen molar-refractivity contribution in [1.29, 1.82) is 0 Å². The van der Waals surface area contributed by atoms with Crippen LogP contribution in [0.15, 0.2) is 29.3 Å². The number of likely N-dealkylation sites (tertiary alicyclic amines) is 1. The largest absolute Gasteiger partial charge is 0.462 e. The van der Waals surface area contributed by atoms with Crippen molar-refractivity contribution < 1.29 is 9.53 Å². The van der Waals surface area contributed by atoms with E-state index >= 15 is 0 Å². The first-order valence-corrected chi connectivity index (χ1v) is 8.35. The van der Waals surface area contributed by atoms with E-state index in [4.69, 9.17) is 4.74 Å². The maximum absolute atomic E-state index is 11.6. The lowest BCUT2D eigenvalue weighted by atomic mass is 9.99. The summed E-state index contributed by atoms with van der Waals surface area (Å²) in [6.45, 7) is 7.32. The molecule has 0 amide bonds. The van der Waals surface area contributed by atoms with Crippen molar-refractivity contribution in [3.8, 4) is 0 Å². The predicted molar refractivity (Wildman–Crippen MR) is 92.6 cm³/mol. The number of carbonyl (C=O) groups is 1. The van der Waals surface area contributed by atoms with Gasteiger partial charge >= 0.3 is 5.97 Å². The number of hydrogen-bond acceptors (Lipinski definition) is 3. The van der Waals surface area contributed by atoms with Crippen molar-refractivity contribution in [2.75, 3.05) is 26.7 Å². The molecule has 5 heteroatoms. The predicted octanol–water partition coefficient (Wildman–Crippen LogP) is 2.67. The Labute approximate surface area is 138 Å². The molecule has 1 aromatic carbocycles. The van der Waals surface area contributed by atoms with E-state index in [1.807, 2.05) is 26.1 Å². The summed E-state index contributed by atoms with van der Waals surface area (Å²) in [5.74, 6) is 1.48. The molecule has 0 radical (unpaired) electrons. The highest BCUT2D eigenvalue weighted by molar-refractivity contribution is 5.89. The van der Waals surface area contributed by atoms with Gasteiger partial charge in [0.05, 0.1) is 12.2 Å². The Kier molecular flexibility index (Phi) is 6.44. The van der Waals surface area contributed by atoms with Crippen LogP contribution in [0.1, 0.15) is 42.6 Å². The number of benzene rings is 1. The normalized spacial score (nSPS) is 16.3. The summed E-state index contributed by atoms with van der Waals surface area (Å²) in [5, 5.41) is 3.40. The van der Waals surface area contributed by atoms with Crippen molar-refractivity contribution in [2.24, 2.45) is 10.9 Å². The van der Waals surface area contributed by atoms with E-state index in [9.17, 15) is 4.79 Å². The van der Waals surface area contributed by atoms with Crippen LogP contribution in [-0.2, 0) is 11.3 Å². The lowest BCUT2D eigenvalue weighted by molar-refractivity contribution is 0.0526. The van der Waals surface area contributed by atoms with Gasteiger partial charge in [-0.05, 0) is 43.4 Å². The minimum absolute atomic E-state index is 0.273. The van der Waals surface area contributed by atoms with Crippen LogP contribution >= 0.6 is 0 Å². The lowest BCUT2D eigenvalue weighted by Gasteiger charge is -2.32. The highest BCUT2D eigenvalue weighted by atomic mass is 16.5. The monoisotopic (exact) mass is 317 g/mol. The Bertz CT molecular complexity index is 532. The van der Waals surface area contributed by atoms with Crippen LogP contribution in [0.5, 0.6) is 0 Å². The Morgan fingerprint density at radius 2 is 1.96 bits per heavy atom. The highest BCUT2D eigenvalue weighted by Gasteiger charge is 2.18. The molecule has 0 aliphatic carbocycles. The maximum atomic E-state index is 11.6. The first kappa shape index (κ1) is 17.3. The van der Waals surface area contributed by atoms with E-state index < -0.39 is 0 Å². The standard InChI is InChI=1S/C18H27N3O2/c1-4-23-17(22)16-7-5-15(6-8-16)13-20-18(19-3)21-11-9-14(2)10-12-21/h5-8,14H,4,9-13H2,1-3H3,(H,19,20). The van der Waals surface area contributed by atoms with E-state index in [0.29, 0.717) is 18.7 Å². The molecule has 0 saturated carbocycles. The van der Waals surface area contributed by atoms with Crippen LogP contribution in [0, 0.1) is 5.92 Å². The molecule has 0 unspecified atom stereocenters. The Balaban J connectivity index is 1.88. The first-order chi connectivity index (χ1) is 11.1. The van der Waals surface area contributed by atoms with Gasteiger partial charge in [-0.1, -0.05) is 19.1 Å². The van der Waals surface area contributed by atoms with Gasteiger partial charge < -0.3 is 15.0 Å². The number of rotatable bonds is 4. The highest BCUT2D eigenvalue weighted by Crippen LogP contribution is 2.16. The molecule has 0 bridgehead atoms. The molecule has 126 valence electrons.